The first kappa shape index (κ1) is 16.4. The zero-order chi connectivity index (χ0) is 15.6. The normalized spacial score (nSPS) is 23.7. The molecule has 1 aliphatic heterocycles. The third-order valence-electron chi connectivity index (χ3n) is 4.05. The minimum absolute atomic E-state index is 0.0115. The molecule has 1 aliphatic rings. The second kappa shape index (κ2) is 6.84. The number of carbonyl (C=O) groups is 1. The van der Waals surface area contributed by atoms with Gasteiger partial charge in [0.1, 0.15) is 6.17 Å². The Kier molecular flexibility index (Phi) is 5.33. The molecule has 116 valence electrons. The first-order valence-corrected chi connectivity index (χ1v) is 8.96. The van der Waals surface area contributed by atoms with Gasteiger partial charge in [-0.1, -0.05) is 30.7 Å². The van der Waals surface area contributed by atoms with Crippen LogP contribution >= 0.6 is 11.8 Å². The van der Waals surface area contributed by atoms with Crippen LogP contribution in [0.4, 0.5) is 0 Å². The fourth-order valence-corrected chi connectivity index (χ4v) is 3.71. The molecule has 1 heterocycles. The molecule has 1 aromatic rings. The Hall–Kier alpha value is -1.00. The Labute approximate surface area is 132 Å². The van der Waals surface area contributed by atoms with Gasteiger partial charge in [0.05, 0.1) is 6.04 Å². The van der Waals surface area contributed by atoms with Gasteiger partial charge in [0, 0.05) is 6.54 Å². The van der Waals surface area contributed by atoms with Crippen molar-refractivity contribution < 1.29 is 4.79 Å². The summed E-state index contributed by atoms with van der Waals surface area (Å²) in [5, 5.41) is 3.45. The van der Waals surface area contributed by atoms with E-state index in [-0.39, 0.29) is 18.1 Å². The molecule has 4 heteroatoms. The quantitative estimate of drug-likeness (QED) is 0.907. The molecule has 21 heavy (non-hydrogen) atoms. The van der Waals surface area contributed by atoms with Crippen molar-refractivity contribution in [2.45, 2.75) is 39.9 Å². The minimum atomic E-state index is -0.0998. The molecule has 3 unspecified atom stereocenters. The van der Waals surface area contributed by atoms with Gasteiger partial charge in [-0.25, -0.2) is 0 Å². The number of aryl methyl sites for hydroxylation is 2. The first-order chi connectivity index (χ1) is 9.93. The highest BCUT2D eigenvalue weighted by atomic mass is 32.2. The molecule has 1 saturated heterocycles. The number of nitrogens with one attached hydrogen (secondary N) is 1. The monoisotopic (exact) mass is 306 g/mol. The fourth-order valence-electron chi connectivity index (χ4n) is 3.03. The summed E-state index contributed by atoms with van der Waals surface area (Å²) in [6.45, 7) is 9.21. The molecule has 0 aliphatic carbocycles. The molecule has 3 nitrogen and oxygen atoms in total. The molecule has 0 spiro atoms. The standard InChI is InChI=1S/C17H26N2OS/c1-11-6-7-15(13(3)8-11)16-18-14(4)17(20)19(16)9-12(2)10-21-5/h6-8,12,14,16,18H,9-10H2,1-5H3. The number of benzene rings is 1. The number of nitrogens with zero attached hydrogens (tertiary/aromatic N) is 1. The van der Waals surface area contributed by atoms with Crippen molar-refractivity contribution in [3.8, 4) is 0 Å². The Morgan fingerprint density at radius 1 is 1.38 bits per heavy atom. The average molecular weight is 306 g/mol. The molecule has 1 aromatic carbocycles. The van der Waals surface area contributed by atoms with Crippen molar-refractivity contribution in [1.82, 2.24) is 10.2 Å². The van der Waals surface area contributed by atoms with Gasteiger partial charge in [0.2, 0.25) is 5.91 Å². The predicted molar refractivity (Wildman–Crippen MR) is 90.5 cm³/mol. The minimum Gasteiger partial charge on any atom is -0.321 e. The third-order valence-corrected chi connectivity index (χ3v) is 4.95. The van der Waals surface area contributed by atoms with Crippen molar-refractivity contribution in [3.05, 3.63) is 34.9 Å². The highest BCUT2D eigenvalue weighted by molar-refractivity contribution is 7.98. The zero-order valence-electron chi connectivity index (χ0n) is 13.6. The highest BCUT2D eigenvalue weighted by Gasteiger charge is 2.38. The van der Waals surface area contributed by atoms with Crippen LogP contribution in [0.1, 0.15) is 36.7 Å². The van der Waals surface area contributed by atoms with Gasteiger partial charge in [-0.2, -0.15) is 11.8 Å². The van der Waals surface area contributed by atoms with Crippen molar-refractivity contribution in [3.63, 3.8) is 0 Å². The molecule has 0 radical (unpaired) electrons. The van der Waals surface area contributed by atoms with Crippen molar-refractivity contribution in [1.29, 1.82) is 0 Å². The number of hydrogen-bond acceptors (Lipinski definition) is 3. The van der Waals surface area contributed by atoms with E-state index in [9.17, 15) is 4.79 Å². The average Bonchev–Trinajstić information content (AvgIpc) is 2.67. The fraction of sp³-hybridized carbons (Fsp3) is 0.588. The maximum absolute atomic E-state index is 12.5. The van der Waals surface area contributed by atoms with Gasteiger partial charge in [-0.15, -0.1) is 0 Å². The number of thioether (sulfide) groups is 1. The maximum atomic E-state index is 12.5. The molecule has 1 amide bonds. The maximum Gasteiger partial charge on any atom is 0.241 e. The summed E-state index contributed by atoms with van der Waals surface area (Å²) in [4.78, 5) is 14.5. The van der Waals surface area contributed by atoms with Gasteiger partial charge < -0.3 is 4.90 Å². The van der Waals surface area contributed by atoms with Gasteiger partial charge in [0.15, 0.2) is 0 Å². The largest absolute Gasteiger partial charge is 0.321 e. The van der Waals surface area contributed by atoms with Crippen LogP contribution in [-0.2, 0) is 4.79 Å². The van der Waals surface area contributed by atoms with E-state index >= 15 is 0 Å². The number of carbonyl (C=O) groups excluding carboxylic acids is 1. The highest BCUT2D eigenvalue weighted by Crippen LogP contribution is 2.29. The smallest absolute Gasteiger partial charge is 0.241 e. The molecule has 0 saturated carbocycles. The van der Waals surface area contributed by atoms with Crippen LogP contribution in [0.3, 0.4) is 0 Å². The van der Waals surface area contributed by atoms with Crippen LogP contribution in [0, 0.1) is 19.8 Å². The van der Waals surface area contributed by atoms with E-state index in [0.717, 1.165) is 12.3 Å². The van der Waals surface area contributed by atoms with Crippen molar-refractivity contribution in [2.24, 2.45) is 5.92 Å². The van der Waals surface area contributed by atoms with E-state index in [4.69, 9.17) is 0 Å². The lowest BCUT2D eigenvalue weighted by molar-refractivity contribution is -0.130. The van der Waals surface area contributed by atoms with Crippen LogP contribution in [-0.4, -0.2) is 35.4 Å². The van der Waals surface area contributed by atoms with Crippen molar-refractivity contribution in [2.75, 3.05) is 18.6 Å². The topological polar surface area (TPSA) is 32.3 Å². The zero-order valence-corrected chi connectivity index (χ0v) is 14.5. The molecule has 0 aromatic heterocycles. The summed E-state index contributed by atoms with van der Waals surface area (Å²) in [5.41, 5.74) is 3.72. The lowest BCUT2D eigenvalue weighted by atomic mass is 10.0. The molecule has 2 rings (SSSR count). The summed E-state index contributed by atoms with van der Waals surface area (Å²) >= 11 is 1.84. The molecule has 1 N–H and O–H groups in total. The van der Waals surface area contributed by atoms with E-state index in [0.29, 0.717) is 5.92 Å². The van der Waals surface area contributed by atoms with E-state index in [1.54, 1.807) is 0 Å². The first-order valence-electron chi connectivity index (χ1n) is 7.56. The van der Waals surface area contributed by atoms with Gasteiger partial charge in [-0.05, 0) is 49.8 Å². The third kappa shape index (κ3) is 3.61. The van der Waals surface area contributed by atoms with E-state index < -0.39 is 0 Å². The molecule has 3 atom stereocenters. The SMILES string of the molecule is CSCC(C)CN1C(=O)C(C)NC1c1ccc(C)cc1C. The Morgan fingerprint density at radius 3 is 2.71 bits per heavy atom. The van der Waals surface area contributed by atoms with E-state index in [2.05, 4.69) is 50.5 Å². The number of rotatable bonds is 5. The summed E-state index contributed by atoms with van der Waals surface area (Å²) < 4.78 is 0. The molecule has 0 bridgehead atoms. The summed E-state index contributed by atoms with van der Waals surface area (Å²) in [7, 11) is 0. The number of hydrogen-bond donors (Lipinski definition) is 1. The lowest BCUT2D eigenvalue weighted by Crippen LogP contribution is -2.35. The number of amides is 1. The molecular weight excluding hydrogens is 280 g/mol. The van der Waals surface area contributed by atoms with Gasteiger partial charge in [0.25, 0.3) is 0 Å². The Morgan fingerprint density at radius 2 is 2.10 bits per heavy atom. The van der Waals surface area contributed by atoms with E-state index in [1.165, 1.54) is 16.7 Å². The molecular formula is C17H26N2OS. The van der Waals surface area contributed by atoms with Crippen molar-refractivity contribution >= 4 is 17.7 Å². The van der Waals surface area contributed by atoms with Gasteiger partial charge >= 0.3 is 0 Å². The van der Waals surface area contributed by atoms with Crippen LogP contribution in [0.5, 0.6) is 0 Å². The second-order valence-corrected chi connectivity index (χ2v) is 7.11. The lowest BCUT2D eigenvalue weighted by Gasteiger charge is -2.28. The Bertz CT molecular complexity index is 518. The second-order valence-electron chi connectivity index (χ2n) is 6.20. The van der Waals surface area contributed by atoms with Crippen LogP contribution in [0.15, 0.2) is 18.2 Å². The van der Waals surface area contributed by atoms with Crippen LogP contribution < -0.4 is 5.32 Å². The predicted octanol–water partition coefficient (Wildman–Crippen LogP) is 3.12. The summed E-state index contributed by atoms with van der Waals surface area (Å²) in [5.74, 6) is 1.80. The Balaban J connectivity index is 2.25. The van der Waals surface area contributed by atoms with Crippen LogP contribution in [0.2, 0.25) is 0 Å². The van der Waals surface area contributed by atoms with E-state index in [1.807, 2.05) is 23.6 Å². The van der Waals surface area contributed by atoms with Gasteiger partial charge in [-0.3, -0.25) is 10.1 Å². The molecule has 1 fully saturated rings. The summed E-state index contributed by atoms with van der Waals surface area (Å²) in [6.07, 6.45) is 2.13. The summed E-state index contributed by atoms with van der Waals surface area (Å²) in [6, 6.07) is 6.37. The van der Waals surface area contributed by atoms with Crippen LogP contribution in [0.25, 0.3) is 0 Å².